The number of nitro groups is 1. The largest absolute Gasteiger partial charge is 0.481 e. The maximum absolute atomic E-state index is 12.5. The van der Waals surface area contributed by atoms with Gasteiger partial charge in [-0.25, -0.2) is 0 Å². The molecule has 23 heavy (non-hydrogen) atoms. The molecule has 1 aliphatic carbocycles. The Hall–Kier alpha value is -2.44. The van der Waals surface area contributed by atoms with E-state index in [0.717, 1.165) is 12.8 Å². The molecule has 1 aromatic rings. The number of aryl methyl sites for hydroxylation is 1. The normalized spacial score (nSPS) is 24.0. The van der Waals surface area contributed by atoms with Crippen molar-refractivity contribution in [3.05, 3.63) is 39.4 Å². The van der Waals surface area contributed by atoms with Gasteiger partial charge in [0.05, 0.1) is 16.4 Å². The van der Waals surface area contributed by atoms with Crippen molar-refractivity contribution in [2.45, 2.75) is 45.1 Å². The van der Waals surface area contributed by atoms with Crippen LogP contribution < -0.4 is 5.32 Å². The Labute approximate surface area is 133 Å². The van der Waals surface area contributed by atoms with E-state index >= 15 is 0 Å². The van der Waals surface area contributed by atoms with Crippen LogP contribution in [0.4, 0.5) is 5.69 Å². The lowest BCUT2D eigenvalue weighted by molar-refractivity contribution is -0.384. The maximum Gasteiger partial charge on any atom is 0.308 e. The molecule has 1 aliphatic rings. The molecular weight excluding hydrogens is 300 g/mol. The summed E-state index contributed by atoms with van der Waals surface area (Å²) in [5.74, 6) is -1.93. The van der Waals surface area contributed by atoms with Crippen LogP contribution >= 0.6 is 0 Å². The molecule has 2 atom stereocenters. The molecule has 7 nitrogen and oxygen atoms in total. The van der Waals surface area contributed by atoms with Gasteiger partial charge in [0.1, 0.15) is 0 Å². The smallest absolute Gasteiger partial charge is 0.308 e. The van der Waals surface area contributed by atoms with Gasteiger partial charge in [-0.2, -0.15) is 0 Å². The summed E-state index contributed by atoms with van der Waals surface area (Å²) in [6.45, 7) is 3.38. The molecule has 0 aromatic heterocycles. The number of benzene rings is 1. The van der Waals surface area contributed by atoms with Gasteiger partial charge in [-0.3, -0.25) is 19.7 Å². The van der Waals surface area contributed by atoms with Crippen molar-refractivity contribution in [1.82, 2.24) is 5.32 Å². The number of amides is 1. The summed E-state index contributed by atoms with van der Waals surface area (Å²) in [5.41, 5.74) is -0.0732. The maximum atomic E-state index is 12.5. The fraction of sp³-hybridized carbons (Fsp3) is 0.500. The van der Waals surface area contributed by atoms with E-state index in [1.165, 1.54) is 18.2 Å². The highest BCUT2D eigenvalue weighted by atomic mass is 16.6. The Balaban J connectivity index is 2.23. The number of hydrogen-bond acceptors (Lipinski definition) is 4. The molecule has 0 radical (unpaired) electrons. The first-order valence-electron chi connectivity index (χ1n) is 7.55. The summed E-state index contributed by atoms with van der Waals surface area (Å²) < 4.78 is 0. The monoisotopic (exact) mass is 320 g/mol. The first-order valence-corrected chi connectivity index (χ1v) is 7.55. The van der Waals surface area contributed by atoms with Gasteiger partial charge < -0.3 is 10.4 Å². The molecule has 0 bridgehead atoms. The van der Waals surface area contributed by atoms with Gasteiger partial charge >= 0.3 is 5.97 Å². The van der Waals surface area contributed by atoms with E-state index in [9.17, 15) is 24.8 Å². The number of nitro benzene ring substituents is 1. The van der Waals surface area contributed by atoms with Crippen molar-refractivity contribution in [3.8, 4) is 0 Å². The number of carbonyl (C=O) groups is 2. The molecule has 0 spiro atoms. The topological polar surface area (TPSA) is 110 Å². The molecule has 1 fully saturated rings. The third-order valence-corrected chi connectivity index (χ3v) is 4.57. The van der Waals surface area contributed by atoms with Crippen LogP contribution in [-0.4, -0.2) is 27.4 Å². The third-order valence-electron chi connectivity index (χ3n) is 4.57. The Kier molecular flexibility index (Phi) is 4.68. The van der Waals surface area contributed by atoms with Crippen LogP contribution in [0.1, 0.15) is 48.5 Å². The third kappa shape index (κ3) is 3.49. The number of nitrogens with one attached hydrogen (secondary N) is 1. The summed E-state index contributed by atoms with van der Waals surface area (Å²) in [6.07, 6.45) is 2.83. The van der Waals surface area contributed by atoms with Crippen LogP contribution in [0.25, 0.3) is 0 Å². The van der Waals surface area contributed by atoms with Gasteiger partial charge in [0.25, 0.3) is 11.6 Å². The van der Waals surface area contributed by atoms with Crippen LogP contribution in [0.15, 0.2) is 18.2 Å². The molecule has 7 heteroatoms. The molecule has 124 valence electrons. The number of non-ortho nitro benzene ring substituents is 1. The highest BCUT2D eigenvalue weighted by Crippen LogP contribution is 2.34. The average Bonchev–Trinajstić information content (AvgIpc) is 2.46. The van der Waals surface area contributed by atoms with Gasteiger partial charge in [0.15, 0.2) is 0 Å². The SMILES string of the molecule is Cc1cc([N+](=O)[O-])ccc1C(=O)NC1(C)CCCCC1C(=O)O. The van der Waals surface area contributed by atoms with E-state index in [1.54, 1.807) is 13.8 Å². The lowest BCUT2D eigenvalue weighted by atomic mass is 9.73. The van der Waals surface area contributed by atoms with Crippen LogP contribution in [0.3, 0.4) is 0 Å². The minimum atomic E-state index is -0.909. The Morgan fingerprint density at radius 1 is 1.39 bits per heavy atom. The van der Waals surface area contributed by atoms with Gasteiger partial charge in [0.2, 0.25) is 0 Å². The minimum absolute atomic E-state index is 0.0775. The number of nitrogens with zero attached hydrogens (tertiary/aromatic N) is 1. The zero-order valence-electron chi connectivity index (χ0n) is 13.2. The van der Waals surface area contributed by atoms with E-state index in [2.05, 4.69) is 5.32 Å². The first kappa shape index (κ1) is 16.9. The highest BCUT2D eigenvalue weighted by Gasteiger charge is 2.42. The number of rotatable bonds is 4. The molecule has 2 N–H and O–H groups in total. The summed E-state index contributed by atoms with van der Waals surface area (Å²) in [6, 6.07) is 4.03. The highest BCUT2D eigenvalue weighted by molar-refractivity contribution is 5.96. The van der Waals surface area contributed by atoms with E-state index in [4.69, 9.17) is 0 Å². The fourth-order valence-corrected chi connectivity index (χ4v) is 3.22. The molecule has 0 heterocycles. The molecule has 1 saturated carbocycles. The summed E-state index contributed by atoms with van der Waals surface area (Å²) >= 11 is 0. The summed E-state index contributed by atoms with van der Waals surface area (Å²) in [7, 11) is 0. The molecule has 2 unspecified atom stereocenters. The Morgan fingerprint density at radius 3 is 2.65 bits per heavy atom. The van der Waals surface area contributed by atoms with Crippen molar-refractivity contribution in [3.63, 3.8) is 0 Å². The molecule has 2 rings (SSSR count). The lowest BCUT2D eigenvalue weighted by Crippen LogP contribution is -2.55. The molecule has 0 aliphatic heterocycles. The second kappa shape index (κ2) is 6.36. The second-order valence-corrected chi connectivity index (χ2v) is 6.26. The van der Waals surface area contributed by atoms with Gasteiger partial charge in [-0.05, 0) is 38.3 Å². The fourth-order valence-electron chi connectivity index (χ4n) is 3.22. The van der Waals surface area contributed by atoms with E-state index in [1.807, 2.05) is 0 Å². The summed E-state index contributed by atoms with van der Waals surface area (Å²) in [5, 5.41) is 23.0. The van der Waals surface area contributed by atoms with E-state index in [-0.39, 0.29) is 5.69 Å². The van der Waals surface area contributed by atoms with Gasteiger partial charge in [-0.15, -0.1) is 0 Å². The minimum Gasteiger partial charge on any atom is -0.481 e. The number of aliphatic carboxylic acids is 1. The molecule has 1 amide bonds. The number of carbonyl (C=O) groups excluding carboxylic acids is 1. The van der Waals surface area contributed by atoms with Crippen LogP contribution in [0, 0.1) is 23.0 Å². The van der Waals surface area contributed by atoms with Crippen molar-refractivity contribution >= 4 is 17.6 Å². The lowest BCUT2D eigenvalue weighted by Gasteiger charge is -2.39. The molecule has 1 aromatic carbocycles. The van der Waals surface area contributed by atoms with Crippen LogP contribution in [0.5, 0.6) is 0 Å². The standard InChI is InChI=1S/C16H20N2O5/c1-10-9-11(18(22)23)6-7-12(10)14(19)17-16(2)8-4-3-5-13(16)15(20)21/h6-7,9,13H,3-5,8H2,1-2H3,(H,17,19)(H,20,21). The predicted octanol–water partition coefficient (Wildman–Crippen LogP) is 2.67. The Bertz CT molecular complexity index is 658. The van der Waals surface area contributed by atoms with Crippen molar-refractivity contribution in [1.29, 1.82) is 0 Å². The Morgan fingerprint density at radius 2 is 2.09 bits per heavy atom. The molecule has 0 saturated heterocycles. The predicted molar refractivity (Wildman–Crippen MR) is 83.3 cm³/mol. The van der Waals surface area contributed by atoms with Crippen LogP contribution in [-0.2, 0) is 4.79 Å². The number of carboxylic acids is 1. The number of hydrogen-bond donors (Lipinski definition) is 2. The van der Waals surface area contributed by atoms with E-state index in [0.29, 0.717) is 24.0 Å². The van der Waals surface area contributed by atoms with Crippen molar-refractivity contribution < 1.29 is 19.6 Å². The van der Waals surface area contributed by atoms with Crippen molar-refractivity contribution in [2.24, 2.45) is 5.92 Å². The van der Waals surface area contributed by atoms with Crippen LogP contribution in [0.2, 0.25) is 0 Å². The van der Waals surface area contributed by atoms with E-state index < -0.39 is 28.3 Å². The second-order valence-electron chi connectivity index (χ2n) is 6.26. The van der Waals surface area contributed by atoms with Crippen molar-refractivity contribution in [2.75, 3.05) is 0 Å². The van der Waals surface area contributed by atoms with Gasteiger partial charge in [0, 0.05) is 17.7 Å². The average molecular weight is 320 g/mol. The number of carboxylic acid groups (broad SMARTS) is 1. The zero-order valence-corrected chi connectivity index (χ0v) is 13.2. The quantitative estimate of drug-likeness (QED) is 0.654. The molecular formula is C16H20N2O5. The van der Waals surface area contributed by atoms with Gasteiger partial charge in [-0.1, -0.05) is 12.8 Å². The first-order chi connectivity index (χ1) is 10.7. The zero-order chi connectivity index (χ0) is 17.2. The summed E-state index contributed by atoms with van der Waals surface area (Å²) in [4.78, 5) is 34.2.